The number of nitrogens with two attached hydrogens (primary N) is 1. The minimum atomic E-state index is -3.71. The third-order valence-electron chi connectivity index (χ3n) is 1.42. The molecule has 0 saturated heterocycles. The number of sulfonamides is 1. The third-order valence-corrected chi connectivity index (χ3v) is 2.32. The molecule has 2 N–H and O–H groups in total. The van der Waals surface area contributed by atoms with Crippen LogP contribution < -0.4 is 5.14 Å². The Balaban J connectivity index is 2.95. The van der Waals surface area contributed by atoms with E-state index in [0.29, 0.717) is 5.69 Å². The van der Waals surface area contributed by atoms with Crippen LogP contribution in [-0.2, 0) is 16.6 Å². The highest BCUT2D eigenvalue weighted by Gasteiger charge is 2.06. The number of pyridine rings is 1. The topological polar surface area (TPSA) is 122 Å². The van der Waals surface area contributed by atoms with Crippen molar-refractivity contribution in [2.75, 3.05) is 0 Å². The molecule has 74 valence electrons. The third kappa shape index (κ3) is 2.70. The Bertz CT molecular complexity index is 460. The van der Waals surface area contributed by atoms with E-state index >= 15 is 0 Å². The van der Waals surface area contributed by atoms with Crippen molar-refractivity contribution in [1.82, 2.24) is 4.98 Å². The second-order valence-electron chi connectivity index (χ2n) is 2.42. The Labute approximate surface area is 80.3 Å². The van der Waals surface area contributed by atoms with Crippen molar-refractivity contribution in [1.29, 1.82) is 0 Å². The number of hydrogen-bond acceptors (Lipinski definition) is 4. The van der Waals surface area contributed by atoms with Crippen LogP contribution in [0.2, 0.25) is 0 Å². The van der Waals surface area contributed by atoms with Crippen LogP contribution in [0, 0.1) is 0 Å². The normalized spacial score (nSPS) is 10.6. The summed E-state index contributed by atoms with van der Waals surface area (Å²) in [7, 11) is -3.71. The molecule has 0 spiro atoms. The fraction of sp³-hybridized carbons (Fsp3) is 0.167. The van der Waals surface area contributed by atoms with Gasteiger partial charge in [0, 0.05) is 16.8 Å². The first-order valence-corrected chi connectivity index (χ1v) is 5.07. The van der Waals surface area contributed by atoms with Crippen molar-refractivity contribution >= 4 is 10.0 Å². The summed E-state index contributed by atoms with van der Waals surface area (Å²) in [6.45, 7) is 0.0847. The SMILES string of the molecule is [N-]=[N+]=NCc1ccc(S(N)(=O)=O)cn1. The maximum absolute atomic E-state index is 10.8. The van der Waals surface area contributed by atoms with Gasteiger partial charge in [-0.15, -0.1) is 0 Å². The summed E-state index contributed by atoms with van der Waals surface area (Å²) in [4.78, 5) is 6.24. The molecule has 0 aliphatic carbocycles. The minimum Gasteiger partial charge on any atom is -0.260 e. The highest BCUT2D eigenvalue weighted by atomic mass is 32.2. The summed E-state index contributed by atoms with van der Waals surface area (Å²) < 4.78 is 21.6. The highest BCUT2D eigenvalue weighted by Crippen LogP contribution is 2.05. The van der Waals surface area contributed by atoms with Gasteiger partial charge in [-0.25, -0.2) is 13.6 Å². The van der Waals surface area contributed by atoms with Gasteiger partial charge in [-0.3, -0.25) is 4.98 Å². The molecule has 1 aromatic rings. The predicted octanol–water partition coefficient (Wildman–Crippen LogP) is 0.539. The van der Waals surface area contributed by atoms with Gasteiger partial charge in [-0.2, -0.15) is 0 Å². The molecular weight excluding hydrogens is 206 g/mol. The van der Waals surface area contributed by atoms with Crippen molar-refractivity contribution in [3.63, 3.8) is 0 Å². The maximum atomic E-state index is 10.8. The molecule has 0 unspecified atom stereocenters. The van der Waals surface area contributed by atoms with Crippen LogP contribution in [0.25, 0.3) is 10.4 Å². The Hall–Kier alpha value is -1.63. The van der Waals surface area contributed by atoms with Crippen LogP contribution in [0.1, 0.15) is 5.69 Å². The van der Waals surface area contributed by atoms with Gasteiger partial charge in [-0.05, 0) is 17.7 Å². The number of aromatic nitrogens is 1. The molecule has 0 amide bonds. The van der Waals surface area contributed by atoms with Crippen molar-refractivity contribution in [3.8, 4) is 0 Å². The molecule has 0 radical (unpaired) electrons. The first kappa shape index (κ1) is 10.5. The van der Waals surface area contributed by atoms with E-state index in [-0.39, 0.29) is 11.4 Å². The van der Waals surface area contributed by atoms with Crippen LogP contribution in [0.5, 0.6) is 0 Å². The highest BCUT2D eigenvalue weighted by molar-refractivity contribution is 7.89. The monoisotopic (exact) mass is 213 g/mol. The van der Waals surface area contributed by atoms with Gasteiger partial charge in [0.2, 0.25) is 10.0 Å². The molecule has 14 heavy (non-hydrogen) atoms. The van der Waals surface area contributed by atoms with Gasteiger partial charge >= 0.3 is 0 Å². The molecular formula is C6H7N5O2S. The Kier molecular flexibility index (Phi) is 3.03. The molecule has 7 nitrogen and oxygen atoms in total. The first-order chi connectivity index (χ1) is 6.54. The number of azide groups is 1. The van der Waals surface area contributed by atoms with E-state index in [1.165, 1.54) is 12.1 Å². The van der Waals surface area contributed by atoms with Gasteiger partial charge < -0.3 is 0 Å². The van der Waals surface area contributed by atoms with Crippen molar-refractivity contribution in [3.05, 3.63) is 34.5 Å². The lowest BCUT2D eigenvalue weighted by Crippen LogP contribution is -2.12. The van der Waals surface area contributed by atoms with Crippen LogP contribution in [-0.4, -0.2) is 13.4 Å². The summed E-state index contributed by atoms with van der Waals surface area (Å²) in [5, 5.41) is 8.13. The van der Waals surface area contributed by atoms with E-state index in [4.69, 9.17) is 10.7 Å². The zero-order valence-corrected chi connectivity index (χ0v) is 7.85. The lowest BCUT2D eigenvalue weighted by atomic mass is 10.3. The smallest absolute Gasteiger partial charge is 0.239 e. The molecule has 8 heteroatoms. The lowest BCUT2D eigenvalue weighted by molar-refractivity contribution is 0.597. The van der Waals surface area contributed by atoms with Crippen LogP contribution >= 0.6 is 0 Å². The van der Waals surface area contributed by atoms with Gasteiger partial charge in [0.1, 0.15) is 4.90 Å². The average molecular weight is 213 g/mol. The number of rotatable bonds is 3. The molecule has 0 atom stereocenters. The Morgan fingerprint density at radius 3 is 2.71 bits per heavy atom. The van der Waals surface area contributed by atoms with Gasteiger partial charge in [0.15, 0.2) is 0 Å². The molecule has 1 heterocycles. The molecule has 0 aliphatic rings. The number of primary sulfonamides is 1. The number of nitrogens with zero attached hydrogens (tertiary/aromatic N) is 4. The molecule has 1 aromatic heterocycles. The van der Waals surface area contributed by atoms with E-state index in [9.17, 15) is 8.42 Å². The van der Waals surface area contributed by atoms with E-state index in [0.717, 1.165) is 6.20 Å². The fourth-order valence-corrected chi connectivity index (χ4v) is 1.23. The molecule has 0 aliphatic heterocycles. The first-order valence-electron chi connectivity index (χ1n) is 3.52. The zero-order chi connectivity index (χ0) is 10.6. The zero-order valence-electron chi connectivity index (χ0n) is 7.03. The van der Waals surface area contributed by atoms with Gasteiger partial charge in [-0.1, -0.05) is 5.11 Å². The summed E-state index contributed by atoms with van der Waals surface area (Å²) >= 11 is 0. The van der Waals surface area contributed by atoms with Crippen LogP contribution in [0.4, 0.5) is 0 Å². The van der Waals surface area contributed by atoms with Crippen LogP contribution in [0.15, 0.2) is 28.3 Å². The molecule has 1 rings (SSSR count). The summed E-state index contributed by atoms with van der Waals surface area (Å²) in [5.74, 6) is 0. The van der Waals surface area contributed by atoms with Crippen molar-refractivity contribution in [2.24, 2.45) is 10.3 Å². The van der Waals surface area contributed by atoms with Gasteiger partial charge in [0.05, 0.1) is 6.54 Å². The predicted molar refractivity (Wildman–Crippen MR) is 48.5 cm³/mol. The fourth-order valence-electron chi connectivity index (χ4n) is 0.777. The standard InChI is InChI=1S/C6H7N5O2S/c7-11-10-3-5-1-2-6(4-9-5)14(8,12)13/h1-2,4H,3H2,(H2,8,12,13). The van der Waals surface area contributed by atoms with E-state index < -0.39 is 10.0 Å². The average Bonchev–Trinajstić information content (AvgIpc) is 2.14. The van der Waals surface area contributed by atoms with Gasteiger partial charge in [0.25, 0.3) is 0 Å². The minimum absolute atomic E-state index is 0.0674. The Morgan fingerprint density at radius 2 is 2.29 bits per heavy atom. The molecule has 0 bridgehead atoms. The summed E-state index contributed by atoms with van der Waals surface area (Å²) in [5.41, 5.74) is 8.51. The van der Waals surface area contributed by atoms with E-state index in [1.54, 1.807) is 0 Å². The molecule has 0 fully saturated rings. The van der Waals surface area contributed by atoms with Crippen molar-refractivity contribution < 1.29 is 8.42 Å². The maximum Gasteiger partial charge on any atom is 0.239 e. The summed E-state index contributed by atoms with van der Waals surface area (Å²) in [6, 6.07) is 2.75. The second kappa shape index (κ2) is 4.05. The quantitative estimate of drug-likeness (QED) is 0.447. The molecule has 0 saturated carbocycles. The lowest BCUT2D eigenvalue weighted by Gasteiger charge is -1.98. The largest absolute Gasteiger partial charge is 0.260 e. The molecule has 0 aromatic carbocycles. The van der Waals surface area contributed by atoms with Crippen molar-refractivity contribution in [2.45, 2.75) is 11.4 Å². The number of hydrogen-bond donors (Lipinski definition) is 1. The van der Waals surface area contributed by atoms with E-state index in [1.807, 2.05) is 0 Å². The Morgan fingerprint density at radius 1 is 1.57 bits per heavy atom. The van der Waals surface area contributed by atoms with Crippen LogP contribution in [0.3, 0.4) is 0 Å². The second-order valence-corrected chi connectivity index (χ2v) is 3.98. The summed E-state index contributed by atoms with van der Waals surface area (Å²) in [6.07, 6.45) is 1.12. The van der Waals surface area contributed by atoms with E-state index in [2.05, 4.69) is 15.0 Å².